The molecule has 132 valence electrons. The first-order valence-electron chi connectivity index (χ1n) is 8.38. The second kappa shape index (κ2) is 7.42. The van der Waals surface area contributed by atoms with E-state index in [1.54, 1.807) is 26.4 Å². The molecule has 0 spiro atoms. The van der Waals surface area contributed by atoms with Gasteiger partial charge in [-0.3, -0.25) is 4.79 Å². The summed E-state index contributed by atoms with van der Waals surface area (Å²) in [5.41, 5.74) is 1.65. The summed E-state index contributed by atoms with van der Waals surface area (Å²) in [7, 11) is 3.45. The van der Waals surface area contributed by atoms with Crippen molar-refractivity contribution in [1.82, 2.24) is 9.88 Å². The van der Waals surface area contributed by atoms with E-state index in [0.717, 1.165) is 29.3 Å². The summed E-state index contributed by atoms with van der Waals surface area (Å²) >= 11 is 0. The number of hydrogen-bond acceptors (Lipinski definition) is 5. The molecule has 3 rings (SSSR count). The van der Waals surface area contributed by atoms with Crippen LogP contribution in [0.3, 0.4) is 0 Å². The van der Waals surface area contributed by atoms with Crippen LogP contribution in [0.15, 0.2) is 36.5 Å². The molecule has 0 bridgehead atoms. The van der Waals surface area contributed by atoms with E-state index in [2.05, 4.69) is 17.2 Å². The molecule has 1 aliphatic rings. The van der Waals surface area contributed by atoms with Gasteiger partial charge in [-0.2, -0.15) is 0 Å². The minimum atomic E-state index is -0.0602. The number of carbonyl (C=O) groups excluding carboxylic acids is 1. The highest BCUT2D eigenvalue weighted by molar-refractivity contribution is 5.93. The summed E-state index contributed by atoms with van der Waals surface area (Å²) in [6.07, 6.45) is 2.48. The number of pyridine rings is 1. The first kappa shape index (κ1) is 17.1. The fourth-order valence-corrected chi connectivity index (χ4v) is 2.62. The summed E-state index contributed by atoms with van der Waals surface area (Å²) in [5.74, 6) is 2.23. The van der Waals surface area contributed by atoms with E-state index in [1.807, 2.05) is 24.3 Å². The number of hydrogen-bond donors (Lipinski definition) is 1. The zero-order chi connectivity index (χ0) is 17.8. The first-order chi connectivity index (χ1) is 12.0. The molecule has 0 radical (unpaired) electrons. The highest BCUT2D eigenvalue weighted by Crippen LogP contribution is 2.33. The van der Waals surface area contributed by atoms with Crippen LogP contribution in [-0.4, -0.2) is 43.1 Å². The molecular formula is C19H23N3O3. The highest BCUT2D eigenvalue weighted by atomic mass is 16.5. The van der Waals surface area contributed by atoms with Gasteiger partial charge in [-0.1, -0.05) is 6.07 Å². The second-order valence-corrected chi connectivity index (χ2v) is 6.25. The number of benzene rings is 1. The topological polar surface area (TPSA) is 63.7 Å². The lowest BCUT2D eigenvalue weighted by molar-refractivity contribution is 0.0827. The number of anilines is 1. The minimum Gasteiger partial charge on any atom is -0.490 e. The van der Waals surface area contributed by atoms with E-state index in [9.17, 15) is 4.79 Å². The molecule has 0 saturated heterocycles. The lowest BCUT2D eigenvalue weighted by atomic mass is 10.1. The van der Waals surface area contributed by atoms with Crippen molar-refractivity contribution in [2.24, 2.45) is 0 Å². The van der Waals surface area contributed by atoms with Gasteiger partial charge in [0.05, 0.1) is 24.8 Å². The Morgan fingerprint density at radius 2 is 1.92 bits per heavy atom. The summed E-state index contributed by atoms with van der Waals surface area (Å²) in [6.45, 7) is 3.41. The molecule has 0 fully saturated rings. The predicted octanol–water partition coefficient (Wildman–Crippen LogP) is 3.12. The minimum absolute atomic E-state index is 0.0417. The second-order valence-electron chi connectivity index (χ2n) is 6.25. The van der Waals surface area contributed by atoms with Crippen molar-refractivity contribution >= 4 is 11.7 Å². The van der Waals surface area contributed by atoms with Gasteiger partial charge in [0.15, 0.2) is 11.5 Å². The lowest BCUT2D eigenvalue weighted by Gasteiger charge is -2.17. The smallest absolute Gasteiger partial charge is 0.254 e. The van der Waals surface area contributed by atoms with Gasteiger partial charge >= 0.3 is 0 Å². The normalized spacial score (nSPS) is 14.4. The summed E-state index contributed by atoms with van der Waals surface area (Å²) in [6, 6.07) is 9.60. The number of nitrogens with zero attached hydrogens (tertiary/aromatic N) is 2. The Hall–Kier alpha value is -2.76. The Bertz CT molecular complexity index is 744. The van der Waals surface area contributed by atoms with Crippen LogP contribution in [0.1, 0.15) is 35.3 Å². The van der Waals surface area contributed by atoms with E-state index in [-0.39, 0.29) is 11.9 Å². The SMILES string of the molecule is CC(Nc1ccc(C(=O)N(C)C)cn1)c1ccc2c(c1)OCCCO2. The molecule has 1 aromatic heterocycles. The number of carbonyl (C=O) groups is 1. The number of amides is 1. The Balaban J connectivity index is 1.70. The van der Waals surface area contributed by atoms with Crippen LogP contribution < -0.4 is 14.8 Å². The van der Waals surface area contributed by atoms with Gasteiger partial charge in [-0.25, -0.2) is 4.98 Å². The largest absolute Gasteiger partial charge is 0.490 e. The maximum atomic E-state index is 11.9. The van der Waals surface area contributed by atoms with Crippen molar-refractivity contribution in [3.8, 4) is 11.5 Å². The van der Waals surface area contributed by atoms with Crippen LogP contribution in [0.5, 0.6) is 11.5 Å². The van der Waals surface area contributed by atoms with Gasteiger partial charge < -0.3 is 19.7 Å². The number of fused-ring (bicyclic) bond motifs is 1. The van der Waals surface area contributed by atoms with Crippen molar-refractivity contribution in [1.29, 1.82) is 0 Å². The molecule has 1 aromatic carbocycles. The summed E-state index contributed by atoms with van der Waals surface area (Å²) in [4.78, 5) is 17.8. The Morgan fingerprint density at radius 3 is 2.60 bits per heavy atom. The van der Waals surface area contributed by atoms with Gasteiger partial charge in [0, 0.05) is 26.7 Å². The third kappa shape index (κ3) is 4.02. The van der Waals surface area contributed by atoms with Crippen LogP contribution >= 0.6 is 0 Å². The van der Waals surface area contributed by atoms with Crippen LogP contribution in [0, 0.1) is 0 Å². The molecule has 25 heavy (non-hydrogen) atoms. The van der Waals surface area contributed by atoms with Gasteiger partial charge in [-0.05, 0) is 36.8 Å². The van der Waals surface area contributed by atoms with Crippen molar-refractivity contribution in [2.75, 3.05) is 32.6 Å². The Kier molecular flexibility index (Phi) is 5.07. The molecule has 1 atom stereocenters. The van der Waals surface area contributed by atoms with Crippen molar-refractivity contribution in [3.63, 3.8) is 0 Å². The Morgan fingerprint density at radius 1 is 1.16 bits per heavy atom. The van der Waals surface area contributed by atoms with Crippen LogP contribution in [0.2, 0.25) is 0 Å². The molecule has 6 nitrogen and oxygen atoms in total. The summed E-state index contributed by atoms with van der Waals surface area (Å²) in [5, 5.41) is 3.34. The first-order valence-corrected chi connectivity index (χ1v) is 8.38. The fraction of sp³-hybridized carbons (Fsp3) is 0.368. The predicted molar refractivity (Wildman–Crippen MR) is 96.3 cm³/mol. The van der Waals surface area contributed by atoms with Crippen molar-refractivity contribution in [3.05, 3.63) is 47.7 Å². The lowest BCUT2D eigenvalue weighted by Crippen LogP contribution is -2.21. The molecule has 1 N–H and O–H groups in total. The average Bonchev–Trinajstić information content (AvgIpc) is 2.86. The number of rotatable bonds is 4. The monoisotopic (exact) mass is 341 g/mol. The molecule has 1 amide bonds. The number of nitrogens with one attached hydrogen (secondary N) is 1. The van der Waals surface area contributed by atoms with Gasteiger partial charge in [0.25, 0.3) is 5.91 Å². The van der Waals surface area contributed by atoms with Crippen molar-refractivity contribution in [2.45, 2.75) is 19.4 Å². The van der Waals surface area contributed by atoms with Gasteiger partial charge in [0.1, 0.15) is 5.82 Å². The van der Waals surface area contributed by atoms with Gasteiger partial charge in [0.2, 0.25) is 0 Å². The van der Waals surface area contributed by atoms with E-state index in [4.69, 9.17) is 9.47 Å². The molecule has 6 heteroatoms. The van der Waals surface area contributed by atoms with Gasteiger partial charge in [-0.15, -0.1) is 0 Å². The molecule has 1 unspecified atom stereocenters. The molecular weight excluding hydrogens is 318 g/mol. The number of ether oxygens (including phenoxy) is 2. The zero-order valence-electron chi connectivity index (χ0n) is 14.8. The number of aromatic nitrogens is 1. The van der Waals surface area contributed by atoms with E-state index in [1.165, 1.54) is 4.90 Å². The quantitative estimate of drug-likeness (QED) is 0.926. The molecule has 1 aliphatic heterocycles. The van der Waals surface area contributed by atoms with E-state index < -0.39 is 0 Å². The van der Waals surface area contributed by atoms with Crippen molar-refractivity contribution < 1.29 is 14.3 Å². The van der Waals surface area contributed by atoms with Crippen LogP contribution in [0.25, 0.3) is 0 Å². The molecule has 0 saturated carbocycles. The zero-order valence-corrected chi connectivity index (χ0v) is 14.8. The van der Waals surface area contributed by atoms with Crippen LogP contribution in [0.4, 0.5) is 5.82 Å². The standard InChI is InChI=1S/C19H23N3O3/c1-13(14-5-7-16-17(11-14)25-10-4-9-24-16)21-18-8-6-15(12-20-18)19(23)22(2)3/h5-8,11-13H,4,9-10H2,1-3H3,(H,20,21). The highest BCUT2D eigenvalue weighted by Gasteiger charge is 2.14. The summed E-state index contributed by atoms with van der Waals surface area (Å²) < 4.78 is 11.4. The average molecular weight is 341 g/mol. The van der Waals surface area contributed by atoms with E-state index in [0.29, 0.717) is 18.8 Å². The third-order valence-electron chi connectivity index (χ3n) is 4.05. The molecule has 2 heterocycles. The third-order valence-corrected chi connectivity index (χ3v) is 4.05. The van der Waals surface area contributed by atoms with Crippen LogP contribution in [-0.2, 0) is 0 Å². The fourth-order valence-electron chi connectivity index (χ4n) is 2.62. The Labute approximate surface area is 147 Å². The maximum Gasteiger partial charge on any atom is 0.254 e. The maximum absolute atomic E-state index is 11.9. The molecule has 0 aliphatic carbocycles. The van der Waals surface area contributed by atoms with E-state index >= 15 is 0 Å². The molecule has 2 aromatic rings.